The third-order valence-corrected chi connectivity index (χ3v) is 3.47. The van der Waals surface area contributed by atoms with Gasteiger partial charge in [0.25, 0.3) is 5.91 Å². The van der Waals surface area contributed by atoms with Gasteiger partial charge in [0.2, 0.25) is 5.91 Å². The molecule has 0 radical (unpaired) electrons. The smallest absolute Gasteiger partial charge is 0.349 e. The maximum Gasteiger partial charge on any atom is 0.420 e. The minimum atomic E-state index is -4.66. The molecule has 0 saturated carbocycles. The molecule has 1 aromatic rings. The lowest BCUT2D eigenvalue weighted by molar-refractivity contribution is -0.137. The molecule has 1 atom stereocenters. The van der Waals surface area contributed by atoms with Crippen molar-refractivity contribution in [3.8, 4) is 0 Å². The van der Waals surface area contributed by atoms with E-state index in [1.54, 1.807) is 13.8 Å². The standard InChI is InChI=1S/C12H15F3N4O2/c1-11(2)7(3-4-8(20)18-11)17-10(21)9-6(5-16-19-9)12(13,14)15/h5,7H,3-4H2,1-2H3,(H,16,19)(H,17,21)(H,18,20). The molecule has 21 heavy (non-hydrogen) atoms. The fourth-order valence-electron chi connectivity index (χ4n) is 2.30. The van der Waals surface area contributed by atoms with E-state index in [1.165, 1.54) is 0 Å². The summed E-state index contributed by atoms with van der Waals surface area (Å²) in [6.07, 6.45) is -3.51. The Hall–Kier alpha value is -2.06. The van der Waals surface area contributed by atoms with Crippen LogP contribution in [-0.2, 0) is 11.0 Å². The van der Waals surface area contributed by atoms with E-state index in [0.717, 1.165) is 0 Å². The number of piperidine rings is 1. The molecule has 2 heterocycles. The molecule has 9 heteroatoms. The molecule has 2 amide bonds. The number of amides is 2. The first-order valence-corrected chi connectivity index (χ1v) is 6.33. The Kier molecular flexibility index (Phi) is 3.68. The van der Waals surface area contributed by atoms with Gasteiger partial charge in [-0.3, -0.25) is 14.7 Å². The van der Waals surface area contributed by atoms with Gasteiger partial charge >= 0.3 is 6.18 Å². The predicted octanol–water partition coefficient (Wildman–Crippen LogP) is 1.22. The summed E-state index contributed by atoms with van der Waals surface area (Å²) in [6.45, 7) is 3.40. The number of alkyl halides is 3. The highest BCUT2D eigenvalue weighted by molar-refractivity contribution is 5.94. The molecule has 1 saturated heterocycles. The summed E-state index contributed by atoms with van der Waals surface area (Å²) in [4.78, 5) is 23.4. The largest absolute Gasteiger partial charge is 0.420 e. The summed E-state index contributed by atoms with van der Waals surface area (Å²) in [5.41, 5.74) is -2.48. The molecule has 1 fully saturated rings. The molecule has 0 aliphatic carbocycles. The van der Waals surface area contributed by atoms with Crippen LogP contribution >= 0.6 is 0 Å². The third kappa shape index (κ3) is 3.17. The van der Waals surface area contributed by atoms with Crippen molar-refractivity contribution < 1.29 is 22.8 Å². The van der Waals surface area contributed by atoms with Gasteiger partial charge in [0, 0.05) is 6.42 Å². The molecule has 0 spiro atoms. The number of hydrogen-bond donors (Lipinski definition) is 3. The van der Waals surface area contributed by atoms with Crippen molar-refractivity contribution in [3.05, 3.63) is 17.5 Å². The van der Waals surface area contributed by atoms with E-state index in [1.807, 2.05) is 0 Å². The Labute approximate surface area is 118 Å². The monoisotopic (exact) mass is 304 g/mol. The van der Waals surface area contributed by atoms with Crippen molar-refractivity contribution in [2.24, 2.45) is 0 Å². The van der Waals surface area contributed by atoms with Crippen LogP contribution in [0.2, 0.25) is 0 Å². The van der Waals surface area contributed by atoms with Crippen molar-refractivity contribution in [2.75, 3.05) is 0 Å². The Morgan fingerprint density at radius 3 is 2.71 bits per heavy atom. The number of aromatic nitrogens is 2. The molecule has 116 valence electrons. The SMILES string of the molecule is CC1(C)NC(=O)CCC1NC(=O)c1[nH]ncc1C(F)(F)F. The number of aromatic amines is 1. The van der Waals surface area contributed by atoms with Gasteiger partial charge in [-0.05, 0) is 20.3 Å². The zero-order chi connectivity index (χ0) is 15.8. The van der Waals surface area contributed by atoms with Crippen LogP contribution < -0.4 is 10.6 Å². The molecule has 2 rings (SSSR count). The normalized spacial score (nSPS) is 21.8. The molecular formula is C12H15F3N4O2. The van der Waals surface area contributed by atoms with E-state index >= 15 is 0 Å². The molecule has 6 nitrogen and oxygen atoms in total. The van der Waals surface area contributed by atoms with Crippen molar-refractivity contribution >= 4 is 11.8 Å². The average Bonchev–Trinajstić information content (AvgIpc) is 2.80. The molecule has 3 N–H and O–H groups in total. The van der Waals surface area contributed by atoms with E-state index in [9.17, 15) is 22.8 Å². The average molecular weight is 304 g/mol. The highest BCUT2D eigenvalue weighted by atomic mass is 19.4. The Morgan fingerprint density at radius 2 is 2.14 bits per heavy atom. The van der Waals surface area contributed by atoms with Crippen molar-refractivity contribution in [3.63, 3.8) is 0 Å². The topological polar surface area (TPSA) is 86.9 Å². The van der Waals surface area contributed by atoms with Gasteiger partial charge in [-0.25, -0.2) is 0 Å². The van der Waals surface area contributed by atoms with Crippen molar-refractivity contribution in [1.82, 2.24) is 20.8 Å². The maximum absolute atomic E-state index is 12.7. The summed E-state index contributed by atoms with van der Waals surface area (Å²) in [6, 6.07) is -0.466. The lowest BCUT2D eigenvalue weighted by Gasteiger charge is -2.39. The molecule has 1 aliphatic heterocycles. The fraction of sp³-hybridized carbons (Fsp3) is 0.583. The highest BCUT2D eigenvalue weighted by Crippen LogP contribution is 2.31. The number of hydrogen-bond acceptors (Lipinski definition) is 3. The first kappa shape index (κ1) is 15.3. The van der Waals surface area contributed by atoms with Crippen LogP contribution in [0.1, 0.15) is 42.7 Å². The van der Waals surface area contributed by atoms with E-state index in [4.69, 9.17) is 0 Å². The second-order valence-corrected chi connectivity index (χ2v) is 5.49. The second-order valence-electron chi connectivity index (χ2n) is 5.49. The molecule has 0 bridgehead atoms. The van der Waals surface area contributed by atoms with Crippen LogP contribution in [0.4, 0.5) is 13.2 Å². The van der Waals surface area contributed by atoms with Gasteiger partial charge in [-0.15, -0.1) is 0 Å². The number of carbonyl (C=O) groups is 2. The van der Waals surface area contributed by atoms with Crippen LogP contribution in [0.15, 0.2) is 6.20 Å². The number of carbonyl (C=O) groups excluding carboxylic acids is 2. The van der Waals surface area contributed by atoms with Gasteiger partial charge in [0.05, 0.1) is 17.8 Å². The summed E-state index contributed by atoms with van der Waals surface area (Å²) in [5.74, 6) is -1.04. The summed E-state index contributed by atoms with van der Waals surface area (Å²) >= 11 is 0. The number of nitrogens with zero attached hydrogens (tertiary/aromatic N) is 1. The van der Waals surface area contributed by atoms with Crippen LogP contribution in [0.5, 0.6) is 0 Å². The van der Waals surface area contributed by atoms with Crippen molar-refractivity contribution in [1.29, 1.82) is 0 Å². The zero-order valence-electron chi connectivity index (χ0n) is 11.5. The second kappa shape index (κ2) is 5.05. The predicted molar refractivity (Wildman–Crippen MR) is 66.3 cm³/mol. The van der Waals surface area contributed by atoms with Crippen molar-refractivity contribution in [2.45, 2.75) is 44.4 Å². The van der Waals surface area contributed by atoms with Crippen LogP contribution in [0.25, 0.3) is 0 Å². The molecule has 1 aliphatic rings. The lowest BCUT2D eigenvalue weighted by Crippen LogP contribution is -2.62. The quantitative estimate of drug-likeness (QED) is 0.767. The first-order chi connectivity index (χ1) is 9.61. The minimum absolute atomic E-state index is 0.150. The maximum atomic E-state index is 12.7. The third-order valence-electron chi connectivity index (χ3n) is 3.47. The molecular weight excluding hydrogens is 289 g/mol. The first-order valence-electron chi connectivity index (χ1n) is 6.33. The fourth-order valence-corrected chi connectivity index (χ4v) is 2.30. The number of H-pyrrole nitrogens is 1. The van der Waals surface area contributed by atoms with Gasteiger partial charge in [0.1, 0.15) is 11.3 Å². The van der Waals surface area contributed by atoms with Crippen LogP contribution in [0, 0.1) is 0 Å². The van der Waals surface area contributed by atoms with Gasteiger partial charge in [-0.1, -0.05) is 0 Å². The van der Waals surface area contributed by atoms with Crippen LogP contribution in [0.3, 0.4) is 0 Å². The van der Waals surface area contributed by atoms with Gasteiger partial charge in [0.15, 0.2) is 0 Å². The van der Waals surface area contributed by atoms with Gasteiger partial charge < -0.3 is 10.6 Å². The summed E-state index contributed by atoms with van der Waals surface area (Å²) in [5, 5.41) is 10.6. The van der Waals surface area contributed by atoms with E-state index in [0.29, 0.717) is 12.6 Å². The minimum Gasteiger partial charge on any atom is -0.349 e. The molecule has 1 unspecified atom stereocenters. The van der Waals surface area contributed by atoms with Gasteiger partial charge in [-0.2, -0.15) is 18.3 Å². The summed E-state index contributed by atoms with van der Waals surface area (Å²) < 4.78 is 38.2. The summed E-state index contributed by atoms with van der Waals surface area (Å²) in [7, 11) is 0. The number of nitrogens with one attached hydrogen (secondary N) is 3. The van der Waals surface area contributed by atoms with E-state index < -0.39 is 34.9 Å². The molecule has 0 aromatic carbocycles. The number of rotatable bonds is 2. The Morgan fingerprint density at radius 1 is 1.48 bits per heavy atom. The van der Waals surface area contributed by atoms with E-state index in [2.05, 4.69) is 20.8 Å². The lowest BCUT2D eigenvalue weighted by atomic mass is 9.86. The van der Waals surface area contributed by atoms with Crippen LogP contribution in [-0.4, -0.2) is 33.6 Å². The van der Waals surface area contributed by atoms with E-state index in [-0.39, 0.29) is 12.3 Å². The number of halogens is 3. The Bertz CT molecular complexity index is 565. The highest BCUT2D eigenvalue weighted by Gasteiger charge is 2.40. The Balaban J connectivity index is 2.16. The molecule has 1 aromatic heterocycles. The zero-order valence-corrected chi connectivity index (χ0v) is 11.5.